The molecule has 1 aliphatic heterocycles. The van der Waals surface area contributed by atoms with Gasteiger partial charge in [-0.25, -0.2) is 8.42 Å². The maximum Gasteiger partial charge on any atom is 0.255 e. The lowest BCUT2D eigenvalue weighted by molar-refractivity contribution is 0.102. The number of sulfone groups is 1. The van der Waals surface area contributed by atoms with Crippen molar-refractivity contribution < 1.29 is 13.2 Å². The van der Waals surface area contributed by atoms with E-state index < -0.39 is 9.84 Å². The summed E-state index contributed by atoms with van der Waals surface area (Å²) in [5.74, 6) is 0.177. The Hall–Kier alpha value is -2.75. The molecule has 0 bridgehead atoms. The second-order valence-corrected chi connectivity index (χ2v) is 9.96. The van der Waals surface area contributed by atoms with Gasteiger partial charge in [0.05, 0.1) is 11.5 Å². The molecule has 1 fully saturated rings. The van der Waals surface area contributed by atoms with E-state index in [4.69, 9.17) is 12.2 Å². The molecule has 3 aromatic rings. The summed E-state index contributed by atoms with van der Waals surface area (Å²) in [6.07, 6.45) is 3.59. The third kappa shape index (κ3) is 4.86. The van der Waals surface area contributed by atoms with Gasteiger partial charge in [0, 0.05) is 49.0 Å². The standard InChI is InChI=1S/C21H22N4O3S2/c26-20(23-18-5-2-6-19(14-18)25-8-7-22-21(25)29)17-4-1-3-16(13-17)15-24-9-11-30(27,28)12-10-24/h1-8,13-14H,9-12,15H2,(H,22,29)(H,23,26). The number of carbonyl (C=O) groups is 1. The van der Waals surface area contributed by atoms with Crippen molar-refractivity contribution >= 4 is 33.6 Å². The molecule has 2 N–H and O–H groups in total. The average molecular weight is 443 g/mol. The lowest BCUT2D eigenvalue weighted by atomic mass is 10.1. The molecule has 0 spiro atoms. The van der Waals surface area contributed by atoms with E-state index in [1.54, 1.807) is 12.3 Å². The van der Waals surface area contributed by atoms with Gasteiger partial charge in [0.1, 0.15) is 0 Å². The van der Waals surface area contributed by atoms with Crippen molar-refractivity contribution in [3.05, 3.63) is 76.8 Å². The van der Waals surface area contributed by atoms with Crippen molar-refractivity contribution in [1.82, 2.24) is 14.5 Å². The zero-order chi connectivity index (χ0) is 21.1. The quantitative estimate of drug-likeness (QED) is 0.593. The number of nitrogens with one attached hydrogen (secondary N) is 2. The number of aromatic amines is 1. The van der Waals surface area contributed by atoms with Crippen LogP contribution in [0.3, 0.4) is 0 Å². The topological polar surface area (TPSA) is 87.2 Å². The molecule has 1 amide bonds. The summed E-state index contributed by atoms with van der Waals surface area (Å²) in [5.41, 5.74) is 3.07. The normalized spacial score (nSPS) is 16.3. The number of anilines is 1. The smallest absolute Gasteiger partial charge is 0.255 e. The van der Waals surface area contributed by atoms with Gasteiger partial charge >= 0.3 is 0 Å². The van der Waals surface area contributed by atoms with Crippen molar-refractivity contribution in [1.29, 1.82) is 0 Å². The summed E-state index contributed by atoms with van der Waals surface area (Å²) in [5, 5.41) is 2.93. The Morgan fingerprint density at radius 1 is 1.10 bits per heavy atom. The molecule has 2 heterocycles. The predicted octanol–water partition coefficient (Wildman–Crippen LogP) is 3.02. The maximum atomic E-state index is 12.8. The number of amides is 1. The van der Waals surface area contributed by atoms with Gasteiger partial charge in [-0.05, 0) is 48.1 Å². The molecule has 4 rings (SSSR count). The van der Waals surface area contributed by atoms with Crippen LogP contribution < -0.4 is 5.32 Å². The fraction of sp³-hybridized carbons (Fsp3) is 0.238. The van der Waals surface area contributed by atoms with Gasteiger partial charge in [-0.1, -0.05) is 18.2 Å². The van der Waals surface area contributed by atoms with Crippen LogP contribution in [0, 0.1) is 4.77 Å². The third-order valence-electron chi connectivity index (χ3n) is 5.06. The number of hydrogen-bond donors (Lipinski definition) is 2. The molecule has 0 saturated carbocycles. The number of nitrogens with zero attached hydrogens (tertiary/aromatic N) is 2. The van der Waals surface area contributed by atoms with E-state index in [0.717, 1.165) is 11.3 Å². The van der Waals surface area contributed by atoms with E-state index in [9.17, 15) is 13.2 Å². The molecule has 30 heavy (non-hydrogen) atoms. The number of benzene rings is 2. The van der Waals surface area contributed by atoms with Crippen LogP contribution in [0.15, 0.2) is 60.9 Å². The van der Waals surface area contributed by atoms with Crippen molar-refractivity contribution in [2.45, 2.75) is 6.54 Å². The van der Waals surface area contributed by atoms with Gasteiger partial charge in [-0.3, -0.25) is 14.3 Å². The summed E-state index contributed by atoms with van der Waals surface area (Å²) in [7, 11) is -2.90. The summed E-state index contributed by atoms with van der Waals surface area (Å²) in [6, 6.07) is 14.9. The monoisotopic (exact) mass is 442 g/mol. The number of carbonyl (C=O) groups excluding carboxylic acids is 1. The number of hydrogen-bond acceptors (Lipinski definition) is 5. The first-order valence-electron chi connectivity index (χ1n) is 9.59. The van der Waals surface area contributed by atoms with Gasteiger partial charge in [0.15, 0.2) is 14.6 Å². The Balaban J connectivity index is 1.45. The highest BCUT2D eigenvalue weighted by Crippen LogP contribution is 2.17. The van der Waals surface area contributed by atoms with Crippen LogP contribution in [0.25, 0.3) is 5.69 Å². The minimum absolute atomic E-state index is 0.189. The highest BCUT2D eigenvalue weighted by molar-refractivity contribution is 7.91. The summed E-state index contributed by atoms with van der Waals surface area (Å²) >= 11 is 5.25. The fourth-order valence-electron chi connectivity index (χ4n) is 3.44. The van der Waals surface area contributed by atoms with E-state index in [0.29, 0.717) is 35.7 Å². The average Bonchev–Trinajstić information content (AvgIpc) is 3.16. The molecule has 7 nitrogen and oxygen atoms in total. The van der Waals surface area contributed by atoms with E-state index in [1.807, 2.05) is 53.2 Å². The van der Waals surface area contributed by atoms with Crippen LogP contribution in [-0.4, -0.2) is 53.4 Å². The minimum Gasteiger partial charge on any atom is -0.337 e. The number of rotatable bonds is 5. The van der Waals surface area contributed by atoms with Crippen LogP contribution in [-0.2, 0) is 16.4 Å². The predicted molar refractivity (Wildman–Crippen MR) is 119 cm³/mol. The van der Waals surface area contributed by atoms with Crippen LogP contribution in [0.5, 0.6) is 0 Å². The second-order valence-electron chi connectivity index (χ2n) is 7.27. The molecule has 0 aliphatic carbocycles. The first-order chi connectivity index (χ1) is 14.4. The van der Waals surface area contributed by atoms with E-state index in [2.05, 4.69) is 15.2 Å². The minimum atomic E-state index is -2.90. The first kappa shape index (κ1) is 20.5. The number of H-pyrrole nitrogens is 1. The second kappa shape index (κ2) is 8.55. The lowest BCUT2D eigenvalue weighted by Gasteiger charge is -2.26. The number of aromatic nitrogens is 2. The molecule has 2 aromatic carbocycles. The van der Waals surface area contributed by atoms with Gasteiger partial charge < -0.3 is 10.3 Å². The molecule has 0 unspecified atom stereocenters. The van der Waals surface area contributed by atoms with Crippen LogP contribution in [0.1, 0.15) is 15.9 Å². The zero-order valence-electron chi connectivity index (χ0n) is 16.2. The molecule has 156 valence electrons. The third-order valence-corrected chi connectivity index (χ3v) is 6.99. The molecular formula is C21H22N4O3S2. The molecule has 1 aromatic heterocycles. The fourth-order valence-corrected chi connectivity index (χ4v) is 4.95. The van der Waals surface area contributed by atoms with Crippen molar-refractivity contribution in [3.8, 4) is 5.69 Å². The van der Waals surface area contributed by atoms with Crippen molar-refractivity contribution in [2.75, 3.05) is 29.9 Å². The van der Waals surface area contributed by atoms with Crippen LogP contribution in [0.4, 0.5) is 5.69 Å². The van der Waals surface area contributed by atoms with Gasteiger partial charge in [-0.2, -0.15) is 0 Å². The van der Waals surface area contributed by atoms with E-state index in [1.165, 1.54) is 0 Å². The Bertz CT molecular complexity index is 1220. The molecule has 1 aliphatic rings. The lowest BCUT2D eigenvalue weighted by Crippen LogP contribution is -2.39. The highest BCUT2D eigenvalue weighted by atomic mass is 32.2. The molecular weight excluding hydrogens is 420 g/mol. The zero-order valence-corrected chi connectivity index (χ0v) is 17.9. The van der Waals surface area contributed by atoms with Crippen molar-refractivity contribution in [3.63, 3.8) is 0 Å². The Labute approximate surface area is 180 Å². The largest absolute Gasteiger partial charge is 0.337 e. The molecule has 9 heteroatoms. The Morgan fingerprint density at radius 3 is 2.60 bits per heavy atom. The first-order valence-corrected chi connectivity index (χ1v) is 11.8. The summed E-state index contributed by atoms with van der Waals surface area (Å²) < 4.78 is 25.6. The molecule has 1 saturated heterocycles. The van der Waals surface area contributed by atoms with Crippen LogP contribution >= 0.6 is 12.2 Å². The molecule has 0 atom stereocenters. The number of imidazole rings is 1. The van der Waals surface area contributed by atoms with Crippen molar-refractivity contribution in [2.24, 2.45) is 0 Å². The summed E-state index contributed by atoms with van der Waals surface area (Å²) in [6.45, 7) is 1.66. The highest BCUT2D eigenvalue weighted by Gasteiger charge is 2.21. The molecule has 0 radical (unpaired) electrons. The maximum absolute atomic E-state index is 12.8. The SMILES string of the molecule is O=C(Nc1cccc(-n2cc[nH]c2=S)c1)c1cccc(CN2CCS(=O)(=O)CC2)c1. The van der Waals surface area contributed by atoms with E-state index >= 15 is 0 Å². The van der Waals surface area contributed by atoms with Gasteiger partial charge in [0.2, 0.25) is 0 Å². The van der Waals surface area contributed by atoms with Gasteiger partial charge in [0.25, 0.3) is 5.91 Å². The summed E-state index contributed by atoms with van der Waals surface area (Å²) in [4.78, 5) is 17.8. The van der Waals surface area contributed by atoms with E-state index in [-0.39, 0.29) is 17.4 Å². The Morgan fingerprint density at radius 2 is 1.87 bits per heavy atom. The van der Waals surface area contributed by atoms with Gasteiger partial charge in [-0.15, -0.1) is 0 Å². The Kier molecular flexibility index (Phi) is 5.85. The van der Waals surface area contributed by atoms with Crippen LogP contribution in [0.2, 0.25) is 0 Å².